The summed E-state index contributed by atoms with van der Waals surface area (Å²) < 4.78 is 17.8. The smallest absolute Gasteiger partial charge is 0.231 e. The van der Waals surface area contributed by atoms with Crippen LogP contribution in [0.2, 0.25) is 0 Å². The van der Waals surface area contributed by atoms with Crippen LogP contribution in [0, 0.1) is 11.8 Å². The molecule has 11 aromatic carbocycles. The van der Waals surface area contributed by atoms with Crippen LogP contribution in [-0.2, 0) is 0 Å². The Morgan fingerprint density at radius 3 is 1.45 bits per heavy atom. The average Bonchev–Trinajstić information content (AvgIpc) is 0.849. The van der Waals surface area contributed by atoms with Gasteiger partial charge in [0.1, 0.15) is 17.3 Å². The van der Waals surface area contributed by atoms with E-state index in [9.17, 15) is 0 Å². The fraction of sp³-hybridized carbons (Fsp3) is 0.267. The summed E-state index contributed by atoms with van der Waals surface area (Å²) in [4.78, 5) is 16.5. The first-order valence-corrected chi connectivity index (χ1v) is 35.9. The first-order valence-electron chi connectivity index (χ1n) is 35.1. The van der Waals surface area contributed by atoms with Gasteiger partial charge in [0.25, 0.3) is 0 Å². The van der Waals surface area contributed by atoms with Crippen LogP contribution in [-0.4, -0.2) is 26.7 Å². The van der Waals surface area contributed by atoms with Crippen molar-refractivity contribution in [1.82, 2.24) is 19.9 Å². The fourth-order valence-electron chi connectivity index (χ4n) is 13.4. The van der Waals surface area contributed by atoms with Gasteiger partial charge >= 0.3 is 0 Å². The SMILES string of the molecule is CC(C)C1c2ccccc2-c2ccccc21.CC(C)C1c2ccccc2Oc2ccccc21.CC(C)c1c2ccccc2cc2ccccc12.CC(C)c1cc2ccccc2s1.CC(C)c1ccc2c(c1)OCO2.CC(C)c1ccc2nc[nH]c2c1.CC(C)c1nc2ccccc2[nH]1. The molecular weight excluding hydrogens is 1220 g/mol. The number of hydrogen-bond donors (Lipinski definition) is 2. The predicted octanol–water partition coefficient (Wildman–Crippen LogP) is 26.1. The number of hydrogen-bond acceptors (Lipinski definition) is 6. The van der Waals surface area contributed by atoms with Crippen LogP contribution >= 0.6 is 11.3 Å². The molecule has 0 atom stereocenters. The maximum absolute atomic E-state index is 5.96. The number of rotatable bonds is 7. The van der Waals surface area contributed by atoms with Gasteiger partial charge in [0, 0.05) is 38.5 Å². The Balaban J connectivity index is 0.000000116. The number of ether oxygens (including phenoxy) is 3. The third-order valence-electron chi connectivity index (χ3n) is 18.5. The molecule has 0 spiro atoms. The maximum Gasteiger partial charge on any atom is 0.231 e. The minimum absolute atomic E-state index is 0.358. The quantitative estimate of drug-likeness (QED) is 0.155. The van der Waals surface area contributed by atoms with E-state index in [1.807, 2.05) is 59.9 Å². The van der Waals surface area contributed by atoms with E-state index in [2.05, 4.69) is 311 Å². The number of nitrogens with zero attached hydrogens (tertiary/aromatic N) is 2. The van der Waals surface area contributed by atoms with Gasteiger partial charge in [0.15, 0.2) is 11.5 Å². The monoisotopic (exact) mass is 1310 g/mol. The van der Waals surface area contributed by atoms with Gasteiger partial charge in [-0.2, -0.15) is 0 Å². The largest absolute Gasteiger partial charge is 0.457 e. The van der Waals surface area contributed by atoms with Gasteiger partial charge in [0.2, 0.25) is 6.79 Å². The molecule has 0 bridgehead atoms. The molecule has 3 aliphatic rings. The zero-order valence-electron chi connectivity index (χ0n) is 59.6. The Labute approximate surface area is 585 Å². The molecule has 7 nitrogen and oxygen atoms in total. The zero-order valence-corrected chi connectivity index (χ0v) is 60.4. The lowest BCUT2D eigenvalue weighted by atomic mass is 9.80. The maximum atomic E-state index is 5.96. The van der Waals surface area contributed by atoms with E-state index in [1.165, 1.54) is 86.6 Å². The summed E-state index contributed by atoms with van der Waals surface area (Å²) >= 11 is 1.91. The van der Waals surface area contributed by atoms with E-state index in [-0.39, 0.29) is 0 Å². The molecule has 8 heteroatoms. The molecule has 14 aromatic rings. The molecule has 1 aliphatic carbocycles. The molecule has 3 aromatic heterocycles. The number of nitrogens with one attached hydrogen (secondary N) is 2. The van der Waals surface area contributed by atoms with Crippen molar-refractivity contribution in [2.75, 3.05) is 6.79 Å². The van der Waals surface area contributed by atoms with Crippen molar-refractivity contribution in [3.8, 4) is 34.1 Å². The molecular formula is C90H96N4O3S. The summed E-state index contributed by atoms with van der Waals surface area (Å²) in [6.45, 7) is 31.5. The number of aromatic amines is 2. The van der Waals surface area contributed by atoms with Crippen LogP contribution in [0.1, 0.15) is 188 Å². The Hall–Kier alpha value is -9.76. The van der Waals surface area contributed by atoms with Crippen molar-refractivity contribution < 1.29 is 14.2 Å². The first-order chi connectivity index (χ1) is 47.4. The van der Waals surface area contributed by atoms with Gasteiger partial charge in [-0.25, -0.2) is 9.97 Å². The van der Waals surface area contributed by atoms with Crippen molar-refractivity contribution in [2.45, 2.75) is 138 Å². The highest BCUT2D eigenvalue weighted by molar-refractivity contribution is 7.19. The molecule has 5 heterocycles. The number of thiophene rings is 1. The lowest BCUT2D eigenvalue weighted by Crippen LogP contribution is -2.14. The lowest BCUT2D eigenvalue weighted by molar-refractivity contribution is 0.174. The molecule has 500 valence electrons. The van der Waals surface area contributed by atoms with Gasteiger partial charge in [-0.1, -0.05) is 273 Å². The third-order valence-corrected chi connectivity index (χ3v) is 19.9. The number of imidazole rings is 2. The van der Waals surface area contributed by atoms with E-state index in [4.69, 9.17) is 14.2 Å². The topological polar surface area (TPSA) is 85.0 Å². The minimum atomic E-state index is 0.358. The van der Waals surface area contributed by atoms with E-state index >= 15 is 0 Å². The van der Waals surface area contributed by atoms with Crippen molar-refractivity contribution in [3.05, 3.63) is 299 Å². The van der Waals surface area contributed by atoms with Crippen LogP contribution < -0.4 is 14.2 Å². The molecule has 17 rings (SSSR count). The zero-order chi connectivity index (χ0) is 69.0. The summed E-state index contributed by atoms with van der Waals surface area (Å²) in [5.74, 6) is 9.85. The van der Waals surface area contributed by atoms with Gasteiger partial charge in [-0.05, 0) is 168 Å². The second-order valence-corrected chi connectivity index (χ2v) is 29.0. The van der Waals surface area contributed by atoms with Crippen LogP contribution in [0.3, 0.4) is 0 Å². The van der Waals surface area contributed by atoms with Gasteiger partial charge in [0.05, 0.1) is 28.4 Å². The molecule has 0 saturated carbocycles. The molecule has 0 unspecified atom stereocenters. The molecule has 98 heavy (non-hydrogen) atoms. The number of para-hydroxylation sites is 4. The van der Waals surface area contributed by atoms with Crippen molar-refractivity contribution in [3.63, 3.8) is 0 Å². The summed E-state index contributed by atoms with van der Waals surface area (Å²) in [6.07, 6.45) is 1.73. The van der Waals surface area contributed by atoms with Crippen LogP contribution in [0.4, 0.5) is 0 Å². The predicted molar refractivity (Wildman–Crippen MR) is 417 cm³/mol. The first kappa shape index (κ1) is 69.6. The van der Waals surface area contributed by atoms with Gasteiger partial charge < -0.3 is 24.2 Å². The number of fused-ring (bicyclic) bond motifs is 11. The third kappa shape index (κ3) is 16.3. The van der Waals surface area contributed by atoms with E-state index in [1.54, 1.807) is 6.33 Å². The number of aromatic nitrogens is 4. The average molecular weight is 1310 g/mol. The number of H-pyrrole nitrogens is 2. The van der Waals surface area contributed by atoms with Gasteiger partial charge in [-0.15, -0.1) is 11.3 Å². The molecule has 0 amide bonds. The van der Waals surface area contributed by atoms with Gasteiger partial charge in [-0.3, -0.25) is 0 Å². The van der Waals surface area contributed by atoms with E-state index in [0.717, 1.165) is 50.9 Å². The summed E-state index contributed by atoms with van der Waals surface area (Å²) in [7, 11) is 0. The highest BCUT2D eigenvalue weighted by Crippen LogP contribution is 2.49. The van der Waals surface area contributed by atoms with Crippen molar-refractivity contribution >= 4 is 65.0 Å². The van der Waals surface area contributed by atoms with Crippen LogP contribution in [0.5, 0.6) is 23.0 Å². The van der Waals surface area contributed by atoms with Crippen molar-refractivity contribution in [1.29, 1.82) is 0 Å². The Morgan fingerprint density at radius 2 is 0.888 bits per heavy atom. The summed E-state index contributed by atoms with van der Waals surface area (Å²) in [5, 5.41) is 6.85. The molecule has 0 saturated heterocycles. The lowest BCUT2D eigenvalue weighted by Gasteiger charge is -2.30. The summed E-state index contributed by atoms with van der Waals surface area (Å²) in [5.41, 5.74) is 16.9. The van der Waals surface area contributed by atoms with E-state index in [0.29, 0.717) is 60.1 Å². The second kappa shape index (κ2) is 32.1. The Morgan fingerprint density at radius 1 is 0.388 bits per heavy atom. The second-order valence-electron chi connectivity index (χ2n) is 27.9. The minimum Gasteiger partial charge on any atom is -0.457 e. The standard InChI is InChI=1S/C17H16.C16H16O.C16H16.C11H12S.2C10H12N2.C10H12O2/c1-12(2)17-15-9-5-3-7-13(15)11-14-8-4-6-10-16(14)17;1-11(2)16-12-7-3-5-9-14(12)17-15-10-6-4-8-13(15)16;1-11(2)16-14-9-5-3-7-12(14)13-8-4-6-10-15(13)16;1-8(2)11-7-9-5-3-4-6-10(9)12-11;1-7(2)8-3-4-9-10(5-8)12-6-11-9;1-7(2)10-11-8-5-3-4-6-9(8)12-10;1-7(2)8-3-4-9-10(5-8)12-6-11-9/h3-12H,1-2H3;3-11,16H,1-2H3;3-11,16H,1-2H3;3-8H,1-2H3;2*3-7H,1-2H3,(H,11,12);3-5,7H,6H2,1-2H3. The van der Waals surface area contributed by atoms with Crippen LogP contribution in [0.15, 0.2) is 249 Å². The van der Waals surface area contributed by atoms with Crippen molar-refractivity contribution in [2.24, 2.45) is 11.8 Å². The Bertz CT molecular complexity index is 4630. The highest BCUT2D eigenvalue weighted by atomic mass is 32.1. The fourth-order valence-corrected chi connectivity index (χ4v) is 14.4. The van der Waals surface area contributed by atoms with Crippen LogP contribution in [0.25, 0.3) is 64.8 Å². The van der Waals surface area contributed by atoms with E-state index < -0.39 is 0 Å². The molecule has 2 N–H and O–H groups in total. The number of benzene rings is 11. The summed E-state index contributed by atoms with van der Waals surface area (Å²) in [6, 6.07) is 85.4. The molecule has 0 radical (unpaired) electrons. The molecule has 2 aliphatic heterocycles. The Kier molecular flexibility index (Phi) is 22.8. The molecule has 0 fully saturated rings. The normalized spacial score (nSPS) is 12.5. The highest BCUT2D eigenvalue weighted by Gasteiger charge is 2.31.